The van der Waals surface area contributed by atoms with Crippen molar-refractivity contribution in [1.29, 1.82) is 0 Å². The maximum absolute atomic E-state index is 13.1. The van der Waals surface area contributed by atoms with Gasteiger partial charge in [0.1, 0.15) is 17.0 Å². The van der Waals surface area contributed by atoms with Crippen molar-refractivity contribution in [2.45, 2.75) is 63.2 Å². The molecule has 8 aromatic rings. The Hall–Kier alpha value is -12.8. The zero-order chi connectivity index (χ0) is 110. The van der Waals surface area contributed by atoms with E-state index in [0.717, 1.165) is 16.7 Å². The van der Waals surface area contributed by atoms with Gasteiger partial charge in [0, 0.05) is 356 Å². The second kappa shape index (κ2) is 156. The molecule has 85 heteroatoms. The monoisotopic (exact) mass is 2100 g/mol. The zero-order valence-corrected chi connectivity index (χ0v) is 58.7. The van der Waals surface area contributed by atoms with Crippen LogP contribution in [0.3, 0.4) is 0 Å². The van der Waals surface area contributed by atoms with Gasteiger partial charge in [-0.3, -0.25) is 23.2 Å². The number of nitrogens with zero attached hydrogens (tertiary/aromatic N) is 8. The second-order valence-corrected chi connectivity index (χ2v) is 16.0. The van der Waals surface area contributed by atoms with E-state index in [0.29, 0.717) is 34.1 Å². The van der Waals surface area contributed by atoms with Gasteiger partial charge in [-0.15, -0.1) is 0 Å². The molecule has 778 valence electrons. The normalized spacial score (nSPS) is 9.27. The molecule has 0 saturated heterocycles. The number of carboxylic acids is 1. The third-order valence-corrected chi connectivity index (χ3v) is 11.1. The molecule has 0 aliphatic heterocycles. The number of imidazole rings is 2. The van der Waals surface area contributed by atoms with Crippen molar-refractivity contribution in [2.24, 2.45) is 11.5 Å². The van der Waals surface area contributed by atoms with Gasteiger partial charge in [-0.25, -0.2) is 32.3 Å². The number of alkyl halides is 4. The molecule has 8 N–H and O–H groups in total. The Morgan fingerprint density at radius 2 is 0.605 bits per heavy atom. The largest absolute Gasteiger partial charge is 0.477 e. The number of benzene rings is 2. The van der Waals surface area contributed by atoms with Crippen molar-refractivity contribution in [1.82, 2.24) is 39.1 Å². The molecule has 0 spiro atoms. The van der Waals surface area contributed by atoms with Gasteiger partial charge in [-0.2, -0.15) is 9.97 Å². The summed E-state index contributed by atoms with van der Waals surface area (Å²) in [6, 6.07) is 16.8. The standard InChI is InChI=1S/C22H18F2N6O3.C13H13F2N3O.C9H7N3O3.31F2/c1-11-2-3-12(19-28-21(33-29-19)14-7-22(23,24)8-14)6-15(11)27-20(32)16-9-26-17-5-4-13(18(25)31)10-30(16)17;1-7-2-3-8(4-10(7)16)11-17-12(19-18-11)9-5-13(14,15)6-9;10-8(13)5-1-2-7-11-3-6(9(14)15)12(7)4-5;31*1-2/h2-6,9-10,14H,7-8H2,1H3,(H2,25,31)(H,27,32);2-4,9H,5-6,16H2,1H3;1-4H,(H2,10,13)(H,14,15);;;;;;;;;;;;;;;;;;;;;;;;;;;;;;;. The molecule has 19 nitrogen and oxygen atoms in total. The van der Waals surface area contributed by atoms with E-state index in [1.54, 1.807) is 30.3 Å². The quantitative estimate of drug-likeness (QED) is 0.0663. The molecule has 0 bridgehead atoms. The van der Waals surface area contributed by atoms with Crippen molar-refractivity contribution in [3.05, 3.63) is 131 Å². The molecule has 10 rings (SSSR count). The van der Waals surface area contributed by atoms with E-state index in [-0.39, 0.29) is 71.7 Å². The number of hydrogen-bond donors (Lipinski definition) is 5. The number of nitrogens with two attached hydrogens (primary N) is 3. The minimum atomic E-state index is -2.68. The Balaban J connectivity index is -0.0000000459. The minimum absolute atomic E-state index is 0.00639. The van der Waals surface area contributed by atoms with E-state index < -0.39 is 41.5 Å². The van der Waals surface area contributed by atoms with Crippen LogP contribution in [0.4, 0.5) is 313 Å². The lowest BCUT2D eigenvalue weighted by Crippen LogP contribution is -2.33. The van der Waals surface area contributed by atoms with Gasteiger partial charge in [-0.05, 0) is 61.4 Å². The summed E-state index contributed by atoms with van der Waals surface area (Å²) < 4.78 is 561. The first-order chi connectivity index (χ1) is 62.7. The molecule has 0 atom stereocenters. The highest BCUT2D eigenvalue weighted by atomic mass is 20.1. The number of fused-ring (bicyclic) bond motifs is 2. The van der Waals surface area contributed by atoms with Crippen LogP contribution in [-0.4, -0.2) is 79.7 Å². The number of halogens is 66. The van der Waals surface area contributed by atoms with Gasteiger partial charge < -0.3 is 36.7 Å². The molecule has 2 saturated carbocycles. The average molecular weight is 2100 g/mol. The predicted octanol–water partition coefficient (Wildman–Crippen LogP) is 32.9. The summed E-state index contributed by atoms with van der Waals surface area (Å²) in [4.78, 5) is 62.6. The number of nitrogen functional groups attached to an aromatic ring is 1. The summed E-state index contributed by atoms with van der Waals surface area (Å²) in [6.07, 6.45) is 4.38. The molecule has 2 aliphatic carbocycles. The van der Waals surface area contributed by atoms with Crippen LogP contribution in [-0.2, 0) is 0 Å². The first-order valence-corrected chi connectivity index (χ1v) is 24.7. The Labute approximate surface area is 660 Å². The molecule has 0 radical (unpaired) electrons. The van der Waals surface area contributed by atoms with Crippen LogP contribution >= 0.6 is 0 Å². The number of rotatable bonds is 9. The SMILES string of the molecule is Cc1ccc(-c2noc(C3CC(F)(F)C3)n2)cc1N.Cc1ccc(-c2noc(C3CC(F)(F)C3)n2)cc1NC(=O)c1cnc2ccc(C(N)=O)cn12.FF.FF.FF.FF.FF.FF.FF.FF.FF.FF.FF.FF.FF.FF.FF.FF.FF.FF.FF.FF.FF.FF.FF.FF.FF.FF.FF.FF.FF.FF.FF.NC(=O)c1ccc2ncc(C(=O)O)n2c1. The van der Waals surface area contributed by atoms with Gasteiger partial charge in [0.15, 0.2) is 5.69 Å². The van der Waals surface area contributed by atoms with E-state index in [9.17, 15) is 36.7 Å². The Morgan fingerprint density at radius 3 is 0.845 bits per heavy atom. The smallest absolute Gasteiger partial charge is 0.354 e. The number of pyridine rings is 2. The number of aryl methyl sites for hydroxylation is 2. The minimum Gasteiger partial charge on any atom is -0.477 e. The molecule has 2 aliphatic rings. The van der Waals surface area contributed by atoms with Gasteiger partial charge in [0.05, 0.1) is 23.5 Å². The number of aromatic carboxylic acids is 1. The van der Waals surface area contributed by atoms with Gasteiger partial charge in [0.25, 0.3) is 5.91 Å². The molecule has 2 fully saturated rings. The summed E-state index contributed by atoms with van der Waals surface area (Å²) in [5.74, 6) is -7.76. The van der Waals surface area contributed by atoms with Crippen LogP contribution in [0, 0.1) is 13.8 Å². The molecule has 2 aromatic carbocycles. The Kier molecular flexibility index (Phi) is 219. The average Bonchev–Trinajstić information content (AvgIpc) is 1.71. The first-order valence-electron chi connectivity index (χ1n) is 24.7. The lowest BCUT2D eigenvalue weighted by atomic mass is 9.81. The summed E-state index contributed by atoms with van der Waals surface area (Å²) in [6.45, 7) is 3.72. The molecule has 3 amide bonds. The zero-order valence-electron chi connectivity index (χ0n) is 58.7. The molecule has 0 unspecified atom stereocenters. The number of nitrogens with one attached hydrogen (secondary N) is 1. The second-order valence-electron chi connectivity index (χ2n) is 16.0. The topological polar surface area (TPSA) is 291 Å². The number of aromatic nitrogens is 8. The van der Waals surface area contributed by atoms with Crippen LogP contribution in [0.2, 0.25) is 0 Å². The third-order valence-electron chi connectivity index (χ3n) is 11.1. The molecular formula is C44H38F66N12O7. The van der Waals surface area contributed by atoms with Crippen molar-refractivity contribution >= 4 is 46.4 Å². The van der Waals surface area contributed by atoms with Gasteiger partial charge in [0.2, 0.25) is 47.1 Å². The summed E-state index contributed by atoms with van der Waals surface area (Å²) >= 11 is 0. The highest BCUT2D eigenvalue weighted by molar-refractivity contribution is 6.04. The van der Waals surface area contributed by atoms with Crippen molar-refractivity contribution in [3.63, 3.8) is 0 Å². The van der Waals surface area contributed by atoms with Crippen molar-refractivity contribution < 1.29 is 334 Å². The van der Waals surface area contributed by atoms with E-state index >= 15 is 0 Å². The van der Waals surface area contributed by atoms with E-state index in [1.165, 1.54) is 51.8 Å². The van der Waals surface area contributed by atoms with Crippen LogP contribution in [0.1, 0.15) is 102 Å². The number of hydrogen-bond acceptors (Lipinski definition) is 13. The summed E-state index contributed by atoms with van der Waals surface area (Å²) in [5.41, 5.74) is 22.0. The van der Waals surface area contributed by atoms with E-state index in [2.05, 4.69) is 35.6 Å². The number of primary amides is 2. The molecule has 6 heterocycles. The van der Waals surface area contributed by atoms with Crippen molar-refractivity contribution in [2.75, 3.05) is 11.1 Å². The molecular weight excluding hydrogens is 2060 g/mol. The Morgan fingerprint density at radius 1 is 0.364 bits per heavy atom. The van der Waals surface area contributed by atoms with Crippen LogP contribution < -0.4 is 22.5 Å². The van der Waals surface area contributed by atoms with Crippen LogP contribution in [0.25, 0.3) is 34.1 Å². The fourth-order valence-corrected chi connectivity index (χ4v) is 7.15. The van der Waals surface area contributed by atoms with Crippen LogP contribution in [0.15, 0.2) is 94.5 Å². The maximum atomic E-state index is 13.1. The number of carbonyl (C=O) groups excluding carboxylic acids is 3. The lowest BCUT2D eigenvalue weighted by molar-refractivity contribution is -0.0930. The fraction of sp³-hybridized carbons (Fsp3) is 0.227. The third kappa shape index (κ3) is 85.7. The summed E-state index contributed by atoms with van der Waals surface area (Å²) in [7, 11) is 0. The number of anilines is 2. The highest BCUT2D eigenvalue weighted by Gasteiger charge is 2.49. The van der Waals surface area contributed by atoms with E-state index in [4.69, 9.17) is 315 Å². The van der Waals surface area contributed by atoms with Gasteiger partial charge in [-0.1, -0.05) is 34.6 Å². The first kappa shape index (κ1) is 181. The molecule has 129 heavy (non-hydrogen) atoms. The number of carboxylic acid groups (broad SMARTS) is 1. The number of amides is 3. The highest BCUT2D eigenvalue weighted by Crippen LogP contribution is 2.49. The van der Waals surface area contributed by atoms with Crippen LogP contribution in [0.5, 0.6) is 0 Å². The van der Waals surface area contributed by atoms with Crippen molar-refractivity contribution in [3.8, 4) is 22.8 Å². The summed E-state index contributed by atoms with van der Waals surface area (Å²) in [5, 5.41) is 19.4. The lowest BCUT2D eigenvalue weighted by Gasteiger charge is -2.31. The van der Waals surface area contributed by atoms with Gasteiger partial charge >= 0.3 is 5.97 Å². The predicted molar refractivity (Wildman–Crippen MR) is 298 cm³/mol. The number of carbonyl (C=O) groups is 4. The Bertz CT molecular complexity index is 3320. The fourth-order valence-electron chi connectivity index (χ4n) is 7.15. The van der Waals surface area contributed by atoms with E-state index in [1.807, 2.05) is 26.0 Å². The molecule has 6 aromatic heterocycles. The maximum Gasteiger partial charge on any atom is 0.354 e.